The molecule has 0 unspecified atom stereocenters. The summed E-state index contributed by atoms with van der Waals surface area (Å²) in [4.78, 5) is 22.5. The number of aliphatic hydroxyl groups is 1. The van der Waals surface area contributed by atoms with Crippen LogP contribution in [-0.4, -0.2) is 43.6 Å². The molecule has 0 saturated carbocycles. The normalized spacial score (nSPS) is 8.71. The summed E-state index contributed by atoms with van der Waals surface area (Å²) < 4.78 is 9.58. The number of carbonyl (C=O) groups excluding carboxylic acids is 2. The monoisotopic (exact) mass is 244 g/mol. The molecular formula is C10H14NO6+. The second kappa shape index (κ2) is 7.18. The Morgan fingerprint density at radius 1 is 1.12 bits per heavy atom. The summed E-state index contributed by atoms with van der Waals surface area (Å²) in [6.45, 7) is 0. The molecule has 0 bridgehead atoms. The molecule has 2 N–H and O–H groups in total. The van der Waals surface area contributed by atoms with E-state index in [4.69, 9.17) is 10.3 Å². The average molecular weight is 244 g/mol. The first-order valence-corrected chi connectivity index (χ1v) is 4.46. The van der Waals surface area contributed by atoms with Crippen molar-refractivity contribution in [2.75, 3.05) is 21.3 Å². The van der Waals surface area contributed by atoms with Gasteiger partial charge in [-0.1, -0.05) is 0 Å². The van der Waals surface area contributed by atoms with E-state index in [1.165, 1.54) is 26.5 Å². The minimum atomic E-state index is -0.723. The smallest absolute Gasteiger partial charge is 0.345 e. The molecule has 0 radical (unpaired) electrons. The second-order valence-electron chi connectivity index (χ2n) is 2.64. The highest BCUT2D eigenvalue weighted by atomic mass is 16.5. The van der Waals surface area contributed by atoms with E-state index in [1.807, 2.05) is 0 Å². The third-order valence-corrected chi connectivity index (χ3v) is 1.76. The Morgan fingerprint density at radius 3 is 2.06 bits per heavy atom. The maximum Gasteiger partial charge on any atom is 0.345 e. The standard InChI is InChI=1S/C9H10NO5.CH4O/c1-14-8(11)6-3-4-10(13)5-7(6)9(12)15-2;1-2/h3-5,13H,1-2H3;2H,1H3/q+1;. The van der Waals surface area contributed by atoms with Crippen molar-refractivity contribution in [1.82, 2.24) is 0 Å². The second-order valence-corrected chi connectivity index (χ2v) is 2.64. The van der Waals surface area contributed by atoms with E-state index in [0.717, 1.165) is 13.3 Å². The van der Waals surface area contributed by atoms with E-state index in [0.29, 0.717) is 4.73 Å². The van der Waals surface area contributed by atoms with Crippen LogP contribution in [0.4, 0.5) is 0 Å². The lowest BCUT2D eigenvalue weighted by Gasteiger charge is -2.02. The highest BCUT2D eigenvalue weighted by Gasteiger charge is 2.22. The fourth-order valence-electron chi connectivity index (χ4n) is 1.05. The lowest BCUT2D eigenvalue weighted by atomic mass is 10.1. The molecule has 0 aliphatic heterocycles. The molecule has 0 fully saturated rings. The first kappa shape index (κ1) is 14.8. The zero-order chi connectivity index (χ0) is 13.4. The first-order valence-electron chi connectivity index (χ1n) is 4.46. The van der Waals surface area contributed by atoms with Crippen molar-refractivity contribution in [2.45, 2.75) is 0 Å². The van der Waals surface area contributed by atoms with Gasteiger partial charge in [0.2, 0.25) is 12.4 Å². The summed E-state index contributed by atoms with van der Waals surface area (Å²) in [6, 6.07) is 1.26. The van der Waals surface area contributed by atoms with Gasteiger partial charge in [-0.2, -0.15) is 0 Å². The van der Waals surface area contributed by atoms with Crippen LogP contribution >= 0.6 is 0 Å². The number of hydrogen-bond acceptors (Lipinski definition) is 6. The van der Waals surface area contributed by atoms with E-state index >= 15 is 0 Å². The third kappa shape index (κ3) is 3.72. The maximum absolute atomic E-state index is 11.3. The molecule has 1 heterocycles. The molecule has 7 nitrogen and oxygen atoms in total. The van der Waals surface area contributed by atoms with Crippen molar-refractivity contribution in [2.24, 2.45) is 0 Å². The number of pyridine rings is 1. The average Bonchev–Trinajstić information content (AvgIpc) is 2.39. The van der Waals surface area contributed by atoms with Crippen molar-refractivity contribution < 1.29 is 34.1 Å². The molecule has 94 valence electrons. The lowest BCUT2D eigenvalue weighted by Crippen LogP contribution is -2.31. The van der Waals surface area contributed by atoms with Crippen LogP contribution in [0.15, 0.2) is 18.5 Å². The first-order chi connectivity index (χ1) is 8.10. The topological polar surface area (TPSA) is 96.9 Å². The molecule has 0 aromatic carbocycles. The summed E-state index contributed by atoms with van der Waals surface area (Å²) in [5.41, 5.74) is -0.0241. The van der Waals surface area contributed by atoms with Crippen LogP contribution in [0.2, 0.25) is 0 Å². The Kier molecular flexibility index (Phi) is 6.27. The van der Waals surface area contributed by atoms with Gasteiger partial charge >= 0.3 is 11.9 Å². The maximum atomic E-state index is 11.3. The molecule has 7 heteroatoms. The van der Waals surface area contributed by atoms with Gasteiger partial charge in [0.05, 0.1) is 19.8 Å². The predicted octanol–water partition coefficient (Wildman–Crippen LogP) is -0.607. The SMILES string of the molecule is CO.COC(=O)c1cc[n+](O)cc1C(=O)OC. The Hall–Kier alpha value is -2.15. The van der Waals surface area contributed by atoms with E-state index < -0.39 is 11.9 Å². The van der Waals surface area contributed by atoms with Gasteiger partial charge < -0.3 is 14.6 Å². The zero-order valence-corrected chi connectivity index (χ0v) is 9.71. The van der Waals surface area contributed by atoms with Gasteiger partial charge in [0.25, 0.3) is 0 Å². The number of methoxy groups -OCH3 is 2. The molecule has 0 aliphatic carbocycles. The van der Waals surface area contributed by atoms with Crippen LogP contribution < -0.4 is 4.73 Å². The van der Waals surface area contributed by atoms with Crippen LogP contribution in [0.25, 0.3) is 0 Å². The Bertz CT molecular complexity index is 404. The van der Waals surface area contributed by atoms with Crippen LogP contribution in [0.3, 0.4) is 0 Å². The van der Waals surface area contributed by atoms with Gasteiger partial charge in [-0.25, -0.2) is 9.59 Å². The molecule has 0 atom stereocenters. The van der Waals surface area contributed by atoms with Gasteiger partial charge in [-0.15, -0.1) is 0 Å². The Morgan fingerprint density at radius 2 is 1.59 bits per heavy atom. The van der Waals surface area contributed by atoms with Crippen LogP contribution in [-0.2, 0) is 9.47 Å². The fraction of sp³-hybridized carbons (Fsp3) is 0.300. The molecule has 1 aromatic rings. The number of aliphatic hydroxyl groups excluding tert-OH is 1. The number of carbonyl (C=O) groups is 2. The van der Waals surface area contributed by atoms with E-state index in [1.54, 1.807) is 0 Å². The van der Waals surface area contributed by atoms with Gasteiger partial charge in [-0.3, -0.25) is 5.21 Å². The summed E-state index contributed by atoms with van der Waals surface area (Å²) in [5, 5.41) is 16.1. The summed E-state index contributed by atoms with van der Waals surface area (Å²) in [7, 11) is 3.38. The van der Waals surface area contributed by atoms with Gasteiger partial charge in [0, 0.05) is 17.9 Å². The quantitative estimate of drug-likeness (QED) is 0.409. The van der Waals surface area contributed by atoms with E-state index in [2.05, 4.69) is 9.47 Å². The van der Waals surface area contributed by atoms with Crippen molar-refractivity contribution in [1.29, 1.82) is 0 Å². The molecule has 0 amide bonds. The summed E-state index contributed by atoms with van der Waals surface area (Å²) >= 11 is 0. The van der Waals surface area contributed by atoms with Crippen molar-refractivity contribution in [3.63, 3.8) is 0 Å². The van der Waals surface area contributed by atoms with Crippen LogP contribution in [0.1, 0.15) is 20.7 Å². The highest BCUT2D eigenvalue weighted by molar-refractivity contribution is 6.02. The molecule has 17 heavy (non-hydrogen) atoms. The Balaban J connectivity index is 0.00000121. The van der Waals surface area contributed by atoms with Crippen molar-refractivity contribution >= 4 is 11.9 Å². The van der Waals surface area contributed by atoms with E-state index in [-0.39, 0.29) is 11.1 Å². The fourth-order valence-corrected chi connectivity index (χ4v) is 1.05. The predicted molar refractivity (Wildman–Crippen MR) is 54.6 cm³/mol. The number of nitrogens with zero attached hydrogens (tertiary/aromatic N) is 1. The highest BCUT2D eigenvalue weighted by Crippen LogP contribution is 2.08. The minimum absolute atomic E-state index is 0.0367. The lowest BCUT2D eigenvalue weighted by molar-refractivity contribution is -0.904. The van der Waals surface area contributed by atoms with Crippen LogP contribution in [0, 0.1) is 0 Å². The third-order valence-electron chi connectivity index (χ3n) is 1.76. The van der Waals surface area contributed by atoms with E-state index in [9.17, 15) is 9.59 Å². The largest absolute Gasteiger partial charge is 0.465 e. The molecular weight excluding hydrogens is 230 g/mol. The number of rotatable bonds is 2. The van der Waals surface area contributed by atoms with Crippen molar-refractivity contribution in [3.05, 3.63) is 29.6 Å². The van der Waals surface area contributed by atoms with Crippen molar-refractivity contribution in [3.8, 4) is 0 Å². The van der Waals surface area contributed by atoms with Gasteiger partial charge in [-0.05, 0) is 0 Å². The molecule has 0 aliphatic rings. The number of hydrogen-bond donors (Lipinski definition) is 2. The zero-order valence-electron chi connectivity index (χ0n) is 9.71. The molecule has 0 saturated heterocycles. The minimum Gasteiger partial charge on any atom is -0.465 e. The van der Waals surface area contributed by atoms with Gasteiger partial charge in [0.1, 0.15) is 5.56 Å². The molecule has 1 aromatic heterocycles. The summed E-state index contributed by atoms with van der Waals surface area (Å²) in [5.74, 6) is -1.39. The molecule has 1 rings (SSSR count). The summed E-state index contributed by atoms with van der Waals surface area (Å²) in [6.07, 6.45) is 2.27. The molecule has 0 spiro atoms. The number of ether oxygens (including phenoxy) is 2. The van der Waals surface area contributed by atoms with Gasteiger partial charge in [0.15, 0.2) is 0 Å². The number of esters is 2. The van der Waals surface area contributed by atoms with Crippen LogP contribution in [0.5, 0.6) is 0 Å². The number of aromatic nitrogens is 1. The Labute approximate surface area is 97.8 Å².